The molecule has 0 aromatic rings. The minimum atomic E-state index is -3.80. The minimum Gasteiger partial charge on any atom is -0.271 e. The molecule has 1 aliphatic rings. The summed E-state index contributed by atoms with van der Waals surface area (Å²) in [5.74, 6) is -0.374. The molecule has 6 heteroatoms. The Morgan fingerprint density at radius 3 is 2.38 bits per heavy atom. The highest BCUT2D eigenvalue weighted by Crippen LogP contribution is 2.20. The van der Waals surface area contributed by atoms with Crippen LogP contribution >= 0.6 is 0 Å². The zero-order chi connectivity index (χ0) is 10.2. The van der Waals surface area contributed by atoms with E-state index in [1.165, 1.54) is 6.92 Å². The van der Waals surface area contributed by atoms with Gasteiger partial charge in [0.05, 0.1) is 0 Å². The first-order valence-corrected chi connectivity index (χ1v) is 5.46. The lowest BCUT2D eigenvalue weighted by Crippen LogP contribution is -2.34. The Labute approximate surface area is 77.9 Å². The molecule has 1 aliphatic heterocycles. The monoisotopic (exact) mass is 207 g/mol. The van der Waals surface area contributed by atoms with Crippen LogP contribution in [0.1, 0.15) is 20.8 Å². The van der Waals surface area contributed by atoms with E-state index >= 15 is 0 Å². The van der Waals surface area contributed by atoms with Crippen molar-refractivity contribution in [3.8, 4) is 0 Å². The summed E-state index contributed by atoms with van der Waals surface area (Å²) in [6.07, 6.45) is -0.872. The van der Waals surface area contributed by atoms with Crippen molar-refractivity contribution in [3.05, 3.63) is 0 Å². The second-order valence-corrected chi connectivity index (χ2v) is 4.95. The predicted molar refractivity (Wildman–Crippen MR) is 46.0 cm³/mol. The van der Waals surface area contributed by atoms with Crippen molar-refractivity contribution in [1.82, 2.24) is 4.31 Å². The van der Waals surface area contributed by atoms with Crippen molar-refractivity contribution in [2.75, 3.05) is 6.54 Å². The highest BCUT2D eigenvalue weighted by molar-refractivity contribution is 7.85. The number of rotatable bonds is 2. The smallest absolute Gasteiger partial charge is 0.271 e. The fourth-order valence-electron chi connectivity index (χ4n) is 1.10. The number of carbonyl (C=O) groups excluding carboxylic acids is 1. The molecule has 0 unspecified atom stereocenters. The van der Waals surface area contributed by atoms with E-state index in [0.717, 1.165) is 4.31 Å². The Balaban J connectivity index is 2.88. The van der Waals surface area contributed by atoms with Gasteiger partial charge in [0.1, 0.15) is 0 Å². The van der Waals surface area contributed by atoms with Crippen LogP contribution in [0, 0.1) is 5.92 Å². The van der Waals surface area contributed by atoms with Gasteiger partial charge in [0.25, 0.3) is 5.91 Å². The summed E-state index contributed by atoms with van der Waals surface area (Å²) in [6.45, 7) is 5.29. The lowest BCUT2D eigenvalue weighted by Gasteiger charge is -2.14. The summed E-state index contributed by atoms with van der Waals surface area (Å²) in [5, 5.41) is 0. The molecular weight excluding hydrogens is 194 g/mol. The highest BCUT2D eigenvalue weighted by atomic mass is 32.2. The number of carbonyl (C=O) groups is 1. The van der Waals surface area contributed by atoms with Gasteiger partial charge in [-0.05, 0) is 12.8 Å². The summed E-state index contributed by atoms with van der Waals surface area (Å²) < 4.78 is 27.7. The van der Waals surface area contributed by atoms with E-state index in [1.807, 2.05) is 13.8 Å². The normalized spacial score (nSPS) is 27.2. The zero-order valence-electron chi connectivity index (χ0n) is 7.85. The van der Waals surface area contributed by atoms with Crippen LogP contribution in [-0.2, 0) is 19.3 Å². The van der Waals surface area contributed by atoms with E-state index in [0.29, 0.717) is 0 Å². The Bertz CT molecular complexity index is 308. The predicted octanol–water partition coefficient (Wildman–Crippen LogP) is 0.134. The number of hydrogen-bond acceptors (Lipinski definition) is 4. The molecule has 0 N–H and O–H groups in total. The van der Waals surface area contributed by atoms with E-state index in [-0.39, 0.29) is 12.5 Å². The first-order valence-electron chi connectivity index (χ1n) is 4.09. The number of nitrogens with zero attached hydrogens (tertiary/aromatic N) is 1. The van der Waals surface area contributed by atoms with Gasteiger partial charge < -0.3 is 0 Å². The Morgan fingerprint density at radius 1 is 1.54 bits per heavy atom. The van der Waals surface area contributed by atoms with E-state index in [2.05, 4.69) is 4.18 Å². The molecule has 0 bridgehead atoms. The van der Waals surface area contributed by atoms with Crippen LogP contribution in [0.3, 0.4) is 0 Å². The Morgan fingerprint density at radius 2 is 2.08 bits per heavy atom. The van der Waals surface area contributed by atoms with Crippen LogP contribution in [0.2, 0.25) is 0 Å². The molecule has 1 atom stereocenters. The molecule has 76 valence electrons. The van der Waals surface area contributed by atoms with Crippen molar-refractivity contribution in [1.29, 1.82) is 0 Å². The molecule has 1 heterocycles. The molecule has 0 spiro atoms. The van der Waals surface area contributed by atoms with Gasteiger partial charge in [-0.15, -0.1) is 0 Å². The minimum absolute atomic E-state index is 0.104. The fraction of sp³-hybridized carbons (Fsp3) is 0.857. The van der Waals surface area contributed by atoms with Crippen LogP contribution in [0.4, 0.5) is 0 Å². The van der Waals surface area contributed by atoms with Gasteiger partial charge in [0, 0.05) is 6.54 Å². The third-order valence-electron chi connectivity index (χ3n) is 1.66. The van der Waals surface area contributed by atoms with Gasteiger partial charge in [0.2, 0.25) is 0 Å². The van der Waals surface area contributed by atoms with Crippen molar-refractivity contribution >= 4 is 16.2 Å². The van der Waals surface area contributed by atoms with E-state index in [1.54, 1.807) is 0 Å². The van der Waals surface area contributed by atoms with Gasteiger partial charge >= 0.3 is 10.3 Å². The first-order chi connectivity index (χ1) is 5.84. The van der Waals surface area contributed by atoms with Gasteiger partial charge in [-0.3, -0.25) is 4.79 Å². The zero-order valence-corrected chi connectivity index (χ0v) is 8.67. The molecule has 0 radical (unpaired) electrons. The molecule has 1 rings (SSSR count). The second-order valence-electron chi connectivity index (χ2n) is 3.46. The molecule has 0 saturated carbocycles. The average Bonchev–Trinajstić information content (AvgIpc) is 2.12. The average molecular weight is 207 g/mol. The molecule has 0 aromatic carbocycles. The van der Waals surface area contributed by atoms with Crippen molar-refractivity contribution < 1.29 is 17.4 Å². The van der Waals surface area contributed by atoms with E-state index < -0.39 is 22.3 Å². The van der Waals surface area contributed by atoms with Crippen LogP contribution in [0.5, 0.6) is 0 Å². The molecule has 0 aromatic heterocycles. The Kier molecular flexibility index (Phi) is 2.63. The van der Waals surface area contributed by atoms with Gasteiger partial charge in [-0.2, -0.15) is 8.42 Å². The first kappa shape index (κ1) is 10.5. The van der Waals surface area contributed by atoms with E-state index in [9.17, 15) is 13.2 Å². The molecule has 1 fully saturated rings. The lowest BCUT2D eigenvalue weighted by molar-refractivity contribution is -0.129. The second kappa shape index (κ2) is 3.26. The van der Waals surface area contributed by atoms with Gasteiger partial charge in [0.15, 0.2) is 6.10 Å². The Hall–Kier alpha value is -0.620. The molecule has 1 amide bonds. The largest absolute Gasteiger partial charge is 0.365 e. The van der Waals surface area contributed by atoms with Crippen LogP contribution < -0.4 is 0 Å². The summed E-state index contributed by atoms with van der Waals surface area (Å²) in [5.41, 5.74) is 0. The topological polar surface area (TPSA) is 63.7 Å². The summed E-state index contributed by atoms with van der Waals surface area (Å²) in [4.78, 5) is 11.3. The standard InChI is InChI=1S/C7H13NO4S/c1-5(2)4-8-7(9)6(3)12-13(8,10)11/h5-6H,4H2,1-3H3/t6-/m1/s1. The fourth-order valence-corrected chi connectivity index (χ4v) is 2.50. The van der Waals surface area contributed by atoms with Crippen molar-refractivity contribution in [2.45, 2.75) is 26.9 Å². The van der Waals surface area contributed by atoms with Crippen LogP contribution in [-0.4, -0.2) is 31.3 Å². The molecule has 0 aliphatic carbocycles. The number of amides is 1. The van der Waals surface area contributed by atoms with Crippen molar-refractivity contribution in [3.63, 3.8) is 0 Å². The maximum Gasteiger partial charge on any atom is 0.365 e. The SMILES string of the molecule is CC(C)CN1C(=O)[C@@H](C)OS1(=O)=O. The maximum absolute atomic E-state index is 11.3. The third kappa shape index (κ3) is 2.00. The maximum atomic E-state index is 11.3. The lowest BCUT2D eigenvalue weighted by atomic mass is 10.2. The highest BCUT2D eigenvalue weighted by Gasteiger charge is 2.42. The molecule has 1 saturated heterocycles. The van der Waals surface area contributed by atoms with Crippen LogP contribution in [0.15, 0.2) is 0 Å². The summed E-state index contributed by atoms with van der Waals surface area (Å²) >= 11 is 0. The van der Waals surface area contributed by atoms with Gasteiger partial charge in [-0.25, -0.2) is 8.49 Å². The van der Waals surface area contributed by atoms with E-state index in [4.69, 9.17) is 0 Å². The van der Waals surface area contributed by atoms with Crippen LogP contribution in [0.25, 0.3) is 0 Å². The molecule has 5 nitrogen and oxygen atoms in total. The summed E-state index contributed by atoms with van der Waals surface area (Å²) in [6, 6.07) is 0. The number of hydrogen-bond donors (Lipinski definition) is 0. The quantitative estimate of drug-likeness (QED) is 0.646. The molecular formula is C7H13NO4S. The van der Waals surface area contributed by atoms with Gasteiger partial charge in [-0.1, -0.05) is 13.8 Å². The van der Waals surface area contributed by atoms with Crippen molar-refractivity contribution in [2.24, 2.45) is 5.92 Å². The summed E-state index contributed by atoms with van der Waals surface area (Å²) in [7, 11) is -3.80. The molecule has 13 heavy (non-hydrogen) atoms. The third-order valence-corrected chi connectivity index (χ3v) is 3.06.